The van der Waals surface area contributed by atoms with Crippen LogP contribution in [0.5, 0.6) is 0 Å². The third kappa shape index (κ3) is 4.08. The Labute approximate surface area is 229 Å². The summed E-state index contributed by atoms with van der Waals surface area (Å²) in [5.74, 6) is -2.06. The van der Waals surface area contributed by atoms with Gasteiger partial charge in [0.15, 0.2) is 0 Å². The first kappa shape index (κ1) is 27.7. The van der Waals surface area contributed by atoms with Gasteiger partial charge in [0.2, 0.25) is 0 Å². The summed E-state index contributed by atoms with van der Waals surface area (Å²) in [6.07, 6.45) is 5.06. The van der Waals surface area contributed by atoms with Gasteiger partial charge in [-0.1, -0.05) is 40.2 Å². The quantitative estimate of drug-likeness (QED) is 0.264. The first-order valence-corrected chi connectivity index (χ1v) is 14.1. The summed E-state index contributed by atoms with van der Waals surface area (Å²) in [6.45, 7) is 10.1. The molecule has 0 N–H and O–H groups in total. The number of allylic oxidation sites excluding steroid dienone is 1. The molecule has 0 amide bonds. The molecule has 0 aromatic carbocycles. The number of cyclic esters (lactones) is 1. The van der Waals surface area contributed by atoms with Crippen LogP contribution in [0.15, 0.2) is 34.2 Å². The number of carbonyl (C=O) groups is 4. The lowest BCUT2D eigenvalue weighted by Gasteiger charge is -2.63. The first-order valence-electron chi connectivity index (χ1n) is 14.1. The van der Waals surface area contributed by atoms with Crippen LogP contribution >= 0.6 is 0 Å². The van der Waals surface area contributed by atoms with E-state index in [1.807, 2.05) is 33.8 Å². The molecule has 39 heavy (non-hydrogen) atoms. The van der Waals surface area contributed by atoms with Gasteiger partial charge >= 0.3 is 17.9 Å². The number of rotatable bonds is 6. The van der Waals surface area contributed by atoms with E-state index in [-0.39, 0.29) is 48.9 Å². The maximum absolute atomic E-state index is 14.4. The van der Waals surface area contributed by atoms with Crippen LogP contribution in [0.3, 0.4) is 0 Å². The van der Waals surface area contributed by atoms with Crippen molar-refractivity contribution in [2.75, 3.05) is 7.11 Å². The predicted octanol–water partition coefficient (Wildman–Crippen LogP) is 5.51. The number of esters is 3. The van der Waals surface area contributed by atoms with Crippen molar-refractivity contribution < 1.29 is 37.8 Å². The molecule has 2 unspecified atom stereocenters. The number of furan rings is 1. The molecule has 3 fully saturated rings. The molecule has 0 radical (unpaired) electrons. The fourth-order valence-electron chi connectivity index (χ4n) is 8.60. The molecule has 5 rings (SSSR count). The van der Waals surface area contributed by atoms with Gasteiger partial charge < -0.3 is 18.6 Å². The average molecular weight is 541 g/mol. The molecule has 4 aliphatic rings. The molecule has 1 aromatic rings. The van der Waals surface area contributed by atoms with Gasteiger partial charge in [-0.05, 0) is 49.2 Å². The molecule has 7 atom stereocenters. The Morgan fingerprint density at radius 2 is 1.87 bits per heavy atom. The fraction of sp³-hybridized carbons (Fsp3) is 0.677. The standard InChI is InChI=1S/C31H40O8/c1-7-8-23(32)38-28-19-13-18-20(31(5,26(19)35)22(29(28,2)3)15-24(33)36-6)9-11-30(4)21(18)14-25(34)39-27(30)17-10-12-37-16-17/h10,12,16,19-20,22,27-28H,7-9,11,13-15H2,1-6H3/t19-,20?,22+,27+,28?,30-,31-/m1/s1. The lowest BCUT2D eigenvalue weighted by Crippen LogP contribution is -2.66. The van der Waals surface area contributed by atoms with Gasteiger partial charge in [0.1, 0.15) is 18.0 Å². The van der Waals surface area contributed by atoms with Crippen molar-refractivity contribution in [2.45, 2.75) is 91.8 Å². The van der Waals surface area contributed by atoms with Crippen molar-refractivity contribution in [1.29, 1.82) is 0 Å². The van der Waals surface area contributed by atoms with Crippen LogP contribution in [0.4, 0.5) is 0 Å². The number of carbonyl (C=O) groups excluding carboxylic acids is 4. The van der Waals surface area contributed by atoms with Gasteiger partial charge in [0.25, 0.3) is 0 Å². The van der Waals surface area contributed by atoms with Crippen LogP contribution in [0.1, 0.15) is 91.2 Å². The van der Waals surface area contributed by atoms with E-state index in [1.165, 1.54) is 7.11 Å². The smallest absolute Gasteiger partial charge is 0.310 e. The molecule has 8 heteroatoms. The van der Waals surface area contributed by atoms with Crippen LogP contribution in [-0.2, 0) is 33.4 Å². The van der Waals surface area contributed by atoms with E-state index < -0.39 is 40.3 Å². The average Bonchev–Trinajstić information content (AvgIpc) is 3.42. The van der Waals surface area contributed by atoms with Crippen molar-refractivity contribution in [3.63, 3.8) is 0 Å². The molecule has 2 heterocycles. The Kier molecular flexibility index (Phi) is 6.83. The molecule has 1 saturated heterocycles. The maximum Gasteiger partial charge on any atom is 0.310 e. The van der Waals surface area contributed by atoms with Crippen molar-refractivity contribution in [2.24, 2.45) is 34.0 Å². The summed E-state index contributed by atoms with van der Waals surface area (Å²) in [7, 11) is 1.36. The SMILES string of the molecule is CCCC(=O)OC1[C@@H]2CC3=C4CC(=O)O[C@@H](c5ccoc5)[C@]4(C)CCC3[C@@](C)(C2=O)[C@@H](CC(=O)OC)C1(C)C. The molecule has 1 aliphatic heterocycles. The van der Waals surface area contributed by atoms with E-state index in [1.54, 1.807) is 12.5 Å². The summed E-state index contributed by atoms with van der Waals surface area (Å²) in [6, 6.07) is 1.83. The Morgan fingerprint density at radius 3 is 2.51 bits per heavy atom. The third-order valence-corrected chi connectivity index (χ3v) is 10.5. The fourth-order valence-corrected chi connectivity index (χ4v) is 8.60. The van der Waals surface area contributed by atoms with E-state index in [9.17, 15) is 19.2 Å². The minimum Gasteiger partial charge on any atom is -0.472 e. The second kappa shape index (κ2) is 9.63. The molecular formula is C31H40O8. The molecule has 2 bridgehead atoms. The highest BCUT2D eigenvalue weighted by Gasteiger charge is 2.68. The number of methoxy groups -OCH3 is 1. The van der Waals surface area contributed by atoms with Crippen LogP contribution < -0.4 is 0 Å². The van der Waals surface area contributed by atoms with E-state index in [0.29, 0.717) is 12.8 Å². The largest absolute Gasteiger partial charge is 0.472 e. The van der Waals surface area contributed by atoms with E-state index in [4.69, 9.17) is 18.6 Å². The first-order chi connectivity index (χ1) is 18.4. The van der Waals surface area contributed by atoms with E-state index >= 15 is 0 Å². The molecule has 0 spiro atoms. The topological polar surface area (TPSA) is 109 Å². The van der Waals surface area contributed by atoms with Crippen LogP contribution in [0, 0.1) is 34.0 Å². The zero-order chi connectivity index (χ0) is 28.3. The van der Waals surface area contributed by atoms with E-state index in [0.717, 1.165) is 29.6 Å². The summed E-state index contributed by atoms with van der Waals surface area (Å²) in [4.78, 5) is 52.9. The number of hydrogen-bond donors (Lipinski definition) is 0. The molecule has 8 nitrogen and oxygen atoms in total. The zero-order valence-corrected chi connectivity index (χ0v) is 23.8. The Bertz CT molecular complexity index is 1210. The number of fused-ring (bicyclic) bond motifs is 5. The minimum absolute atomic E-state index is 0.0488. The Balaban J connectivity index is 1.67. The second-order valence-corrected chi connectivity index (χ2v) is 12.9. The Morgan fingerprint density at radius 1 is 1.13 bits per heavy atom. The van der Waals surface area contributed by atoms with Crippen LogP contribution in [-0.4, -0.2) is 36.9 Å². The van der Waals surface area contributed by atoms with Gasteiger partial charge in [0.05, 0.1) is 32.0 Å². The van der Waals surface area contributed by atoms with Crippen molar-refractivity contribution in [3.8, 4) is 0 Å². The summed E-state index contributed by atoms with van der Waals surface area (Å²) in [5, 5.41) is 0. The van der Waals surface area contributed by atoms with Crippen molar-refractivity contribution in [3.05, 3.63) is 35.3 Å². The highest BCUT2D eigenvalue weighted by molar-refractivity contribution is 5.92. The summed E-state index contributed by atoms with van der Waals surface area (Å²) in [5.41, 5.74) is 0.979. The van der Waals surface area contributed by atoms with Gasteiger partial charge in [-0.3, -0.25) is 19.2 Å². The highest BCUT2D eigenvalue weighted by atomic mass is 16.6. The highest BCUT2D eigenvalue weighted by Crippen LogP contribution is 2.68. The number of hydrogen-bond acceptors (Lipinski definition) is 8. The van der Waals surface area contributed by atoms with Gasteiger partial charge in [-0.25, -0.2) is 0 Å². The van der Waals surface area contributed by atoms with Gasteiger partial charge in [0, 0.05) is 34.7 Å². The number of Topliss-reactive ketones (excluding diaryl/α,β-unsaturated/α-hetero) is 1. The molecule has 2 saturated carbocycles. The van der Waals surface area contributed by atoms with Crippen LogP contribution in [0.2, 0.25) is 0 Å². The molecule has 212 valence electrons. The monoisotopic (exact) mass is 540 g/mol. The normalized spacial score (nSPS) is 36.9. The second-order valence-electron chi connectivity index (χ2n) is 12.9. The molecule has 1 aromatic heterocycles. The van der Waals surface area contributed by atoms with Crippen LogP contribution in [0.25, 0.3) is 0 Å². The van der Waals surface area contributed by atoms with Gasteiger partial charge in [-0.15, -0.1) is 0 Å². The maximum atomic E-state index is 14.4. The zero-order valence-electron chi connectivity index (χ0n) is 23.8. The lowest BCUT2D eigenvalue weighted by molar-refractivity contribution is -0.199. The molecule has 3 aliphatic carbocycles. The number of ketones is 1. The third-order valence-electron chi connectivity index (χ3n) is 10.5. The van der Waals surface area contributed by atoms with E-state index in [2.05, 4.69) is 6.92 Å². The van der Waals surface area contributed by atoms with Crippen molar-refractivity contribution in [1.82, 2.24) is 0 Å². The summed E-state index contributed by atoms with van der Waals surface area (Å²) < 4.78 is 22.4. The number of ether oxygens (including phenoxy) is 3. The van der Waals surface area contributed by atoms with Gasteiger partial charge in [-0.2, -0.15) is 0 Å². The van der Waals surface area contributed by atoms with Crippen molar-refractivity contribution >= 4 is 23.7 Å². The Hall–Kier alpha value is -2.90. The minimum atomic E-state index is -0.871. The lowest BCUT2D eigenvalue weighted by atomic mass is 9.40. The predicted molar refractivity (Wildman–Crippen MR) is 140 cm³/mol. The summed E-state index contributed by atoms with van der Waals surface area (Å²) >= 11 is 0. The molecular weight excluding hydrogens is 500 g/mol.